The Bertz CT molecular complexity index is 984. The van der Waals surface area contributed by atoms with Crippen molar-refractivity contribution in [2.75, 3.05) is 19.7 Å². The van der Waals surface area contributed by atoms with Crippen molar-refractivity contribution in [3.8, 4) is 0 Å². The van der Waals surface area contributed by atoms with E-state index < -0.39 is 22.8 Å². The maximum absolute atomic E-state index is 12.4. The number of carbonyl (C=O) groups excluding carboxylic acids is 3. The number of carbonyl (C=O) groups is 3. The Hall–Kier alpha value is -3.34. The molecule has 1 aliphatic rings. The minimum atomic E-state index is -0.881. The first-order chi connectivity index (χ1) is 17.8. The smallest absolute Gasteiger partial charge is 0.308 e. The van der Waals surface area contributed by atoms with Crippen LogP contribution < -0.4 is 10.6 Å². The van der Waals surface area contributed by atoms with Crippen molar-refractivity contribution in [3.63, 3.8) is 0 Å². The van der Waals surface area contributed by atoms with Crippen molar-refractivity contribution >= 4 is 46.9 Å². The number of ether oxygens (including phenoxy) is 1. The molecule has 202 valence electrons. The summed E-state index contributed by atoms with van der Waals surface area (Å²) in [6.45, 7) is 3.15. The Balaban J connectivity index is 1.80. The number of hydrogen-bond acceptors (Lipinski definition) is 7. The van der Waals surface area contributed by atoms with Gasteiger partial charge in [0.15, 0.2) is 5.11 Å². The van der Waals surface area contributed by atoms with Gasteiger partial charge >= 0.3 is 5.97 Å². The number of hydrogen-bond donors (Lipinski definition) is 2. The molecule has 2 N–H and O–H groups in total. The van der Waals surface area contributed by atoms with E-state index >= 15 is 0 Å². The van der Waals surface area contributed by atoms with Gasteiger partial charge in [-0.1, -0.05) is 64.0 Å². The van der Waals surface area contributed by atoms with Crippen LogP contribution in [0.15, 0.2) is 30.3 Å². The zero-order chi connectivity index (χ0) is 27.0. The summed E-state index contributed by atoms with van der Waals surface area (Å²) in [5, 5.41) is 16.2. The van der Waals surface area contributed by atoms with Gasteiger partial charge in [-0.3, -0.25) is 29.8 Å². The van der Waals surface area contributed by atoms with Crippen LogP contribution in [-0.2, 0) is 19.1 Å². The van der Waals surface area contributed by atoms with E-state index in [1.807, 2.05) is 0 Å². The molecule has 1 unspecified atom stereocenters. The molecule has 10 nitrogen and oxygen atoms in total. The number of piperazine rings is 1. The Morgan fingerprint density at radius 3 is 2.62 bits per heavy atom. The van der Waals surface area contributed by atoms with E-state index in [1.165, 1.54) is 67.4 Å². The average Bonchev–Trinajstić information content (AvgIpc) is 2.87. The van der Waals surface area contributed by atoms with Crippen LogP contribution in [0, 0.1) is 10.1 Å². The first-order valence-corrected chi connectivity index (χ1v) is 13.2. The lowest BCUT2D eigenvalue weighted by Gasteiger charge is -2.36. The van der Waals surface area contributed by atoms with Crippen LogP contribution in [0.4, 0.5) is 5.69 Å². The number of unbranched alkanes of at least 4 members (excludes halogenated alkanes) is 7. The highest BCUT2D eigenvalue weighted by Crippen LogP contribution is 2.15. The first kappa shape index (κ1) is 29.9. The third kappa shape index (κ3) is 11.1. The van der Waals surface area contributed by atoms with Crippen molar-refractivity contribution in [2.45, 2.75) is 70.8 Å². The second-order valence-corrected chi connectivity index (χ2v) is 9.27. The molecule has 1 aliphatic heterocycles. The molecule has 1 aromatic rings. The fourth-order valence-electron chi connectivity index (χ4n) is 3.93. The number of nitrogens with one attached hydrogen (secondary N) is 2. The number of benzene rings is 1. The van der Waals surface area contributed by atoms with Gasteiger partial charge in [0.1, 0.15) is 6.04 Å². The highest BCUT2D eigenvalue weighted by atomic mass is 32.1. The minimum Gasteiger partial charge on any atom is -0.466 e. The molecule has 0 aliphatic carbocycles. The zero-order valence-corrected chi connectivity index (χ0v) is 22.1. The number of amides is 2. The van der Waals surface area contributed by atoms with Gasteiger partial charge < -0.3 is 15.0 Å². The van der Waals surface area contributed by atoms with Gasteiger partial charge in [0.25, 0.3) is 5.69 Å². The number of esters is 1. The van der Waals surface area contributed by atoms with Crippen LogP contribution in [0.2, 0.25) is 0 Å². The fraction of sp³-hybridized carbons (Fsp3) is 0.538. The highest BCUT2D eigenvalue weighted by Gasteiger charge is 2.34. The molecule has 0 saturated carbocycles. The van der Waals surface area contributed by atoms with Crippen LogP contribution in [0.3, 0.4) is 0 Å². The van der Waals surface area contributed by atoms with Crippen LogP contribution in [0.25, 0.3) is 6.08 Å². The second-order valence-electron chi connectivity index (χ2n) is 8.88. The lowest BCUT2D eigenvalue weighted by molar-refractivity contribution is -0.384. The van der Waals surface area contributed by atoms with E-state index in [-0.39, 0.29) is 23.1 Å². The molecule has 1 heterocycles. The molecular formula is C26H36N4O6S. The maximum Gasteiger partial charge on any atom is 0.308 e. The molecule has 0 radical (unpaired) electrons. The predicted molar refractivity (Wildman–Crippen MR) is 145 cm³/mol. The van der Waals surface area contributed by atoms with E-state index in [1.54, 1.807) is 6.07 Å². The standard InChI is InChI=1S/C26H36N4O6S/c1-2-3-4-5-6-7-8-9-17-36-24(32)19-22-25(33)27-15-16-29(22)26(37)28-23(31)14-13-20-11-10-12-21(18-20)30(34)35/h10-14,18,22H,2-9,15-17,19H2,1H3,(H,27,33)(H,28,31,37)/b14-13+. The first-order valence-electron chi connectivity index (χ1n) is 12.8. The average molecular weight is 533 g/mol. The van der Waals surface area contributed by atoms with Crippen LogP contribution in [0.5, 0.6) is 0 Å². The molecular weight excluding hydrogens is 496 g/mol. The Morgan fingerprint density at radius 1 is 1.22 bits per heavy atom. The maximum atomic E-state index is 12.4. The molecule has 1 fully saturated rings. The van der Waals surface area contributed by atoms with E-state index in [0.29, 0.717) is 25.3 Å². The molecule has 37 heavy (non-hydrogen) atoms. The highest BCUT2D eigenvalue weighted by molar-refractivity contribution is 7.80. The van der Waals surface area contributed by atoms with E-state index in [0.717, 1.165) is 19.3 Å². The third-order valence-electron chi connectivity index (χ3n) is 5.95. The van der Waals surface area contributed by atoms with Crippen LogP contribution >= 0.6 is 12.2 Å². The van der Waals surface area contributed by atoms with E-state index in [4.69, 9.17) is 17.0 Å². The van der Waals surface area contributed by atoms with Crippen molar-refractivity contribution in [1.29, 1.82) is 0 Å². The van der Waals surface area contributed by atoms with Gasteiger partial charge in [-0.05, 0) is 30.3 Å². The third-order valence-corrected chi connectivity index (χ3v) is 6.29. The van der Waals surface area contributed by atoms with Gasteiger partial charge in [-0.25, -0.2) is 0 Å². The van der Waals surface area contributed by atoms with Gasteiger partial charge in [0, 0.05) is 31.3 Å². The number of nitro groups is 1. The van der Waals surface area contributed by atoms with Crippen LogP contribution in [0.1, 0.15) is 70.3 Å². The van der Waals surface area contributed by atoms with Gasteiger partial charge in [0.2, 0.25) is 11.8 Å². The van der Waals surface area contributed by atoms with Crippen molar-refractivity contribution < 1.29 is 24.0 Å². The molecule has 1 aromatic carbocycles. The van der Waals surface area contributed by atoms with Crippen LogP contribution in [-0.4, -0.2) is 58.5 Å². The largest absolute Gasteiger partial charge is 0.466 e. The molecule has 0 bridgehead atoms. The number of thiocarbonyl (C=S) groups is 1. The molecule has 11 heteroatoms. The van der Waals surface area contributed by atoms with Gasteiger partial charge in [0.05, 0.1) is 18.0 Å². The Labute approximate surface area is 223 Å². The SMILES string of the molecule is CCCCCCCCCCOC(=O)CC1C(=O)NCCN1C(=S)NC(=O)/C=C/c1cccc([N+](=O)[O-])c1. The molecule has 2 rings (SSSR count). The minimum absolute atomic E-state index is 0.0180. The quantitative estimate of drug-likeness (QED) is 0.0922. The molecule has 1 atom stereocenters. The normalized spacial score (nSPS) is 15.3. The fourth-order valence-corrected chi connectivity index (χ4v) is 4.25. The molecule has 2 amide bonds. The zero-order valence-electron chi connectivity index (χ0n) is 21.3. The molecule has 1 saturated heterocycles. The van der Waals surface area contributed by atoms with Gasteiger partial charge in [-0.2, -0.15) is 0 Å². The van der Waals surface area contributed by atoms with Crippen molar-refractivity contribution in [3.05, 3.63) is 46.0 Å². The summed E-state index contributed by atoms with van der Waals surface area (Å²) >= 11 is 5.33. The summed E-state index contributed by atoms with van der Waals surface area (Å²) in [6, 6.07) is 4.96. The topological polar surface area (TPSA) is 131 Å². The van der Waals surface area contributed by atoms with E-state index in [9.17, 15) is 24.5 Å². The number of nitro benzene ring substituents is 1. The summed E-state index contributed by atoms with van der Waals surface area (Å²) in [5.74, 6) is -1.41. The summed E-state index contributed by atoms with van der Waals surface area (Å²) < 4.78 is 5.33. The number of rotatable bonds is 14. The second kappa shape index (κ2) is 16.4. The van der Waals surface area contributed by atoms with Gasteiger partial charge in [-0.15, -0.1) is 0 Å². The summed E-state index contributed by atoms with van der Waals surface area (Å²) in [7, 11) is 0. The number of non-ortho nitro benzene ring substituents is 1. The van der Waals surface area contributed by atoms with Crippen molar-refractivity contribution in [1.82, 2.24) is 15.5 Å². The van der Waals surface area contributed by atoms with Crippen molar-refractivity contribution in [2.24, 2.45) is 0 Å². The monoisotopic (exact) mass is 532 g/mol. The Morgan fingerprint density at radius 2 is 1.92 bits per heavy atom. The summed E-state index contributed by atoms with van der Waals surface area (Å²) in [6.07, 6.45) is 11.5. The Kier molecular flexibility index (Phi) is 13.3. The lowest BCUT2D eigenvalue weighted by Crippen LogP contribution is -2.60. The summed E-state index contributed by atoms with van der Waals surface area (Å²) in [5.41, 5.74) is 0.388. The predicted octanol–water partition coefficient (Wildman–Crippen LogP) is 3.88. The molecule has 0 spiro atoms. The van der Waals surface area contributed by atoms with E-state index in [2.05, 4.69) is 17.6 Å². The summed E-state index contributed by atoms with van der Waals surface area (Å²) in [4.78, 5) is 49.1. The molecule has 0 aromatic heterocycles. The lowest BCUT2D eigenvalue weighted by atomic mass is 10.1. The number of nitrogens with zero attached hydrogens (tertiary/aromatic N) is 2.